The summed E-state index contributed by atoms with van der Waals surface area (Å²) in [7, 11) is 0. The number of hydrogen-bond acceptors (Lipinski definition) is 2. The SMILES string of the molecule is Cl.Nc1ccccc1C(=O)NC(C1CC1)C1CC1. The number of benzene rings is 1. The lowest BCUT2D eigenvalue weighted by Gasteiger charge is -2.18. The fraction of sp³-hybridized carbons (Fsp3) is 0.500. The Morgan fingerprint density at radius 3 is 2.22 bits per heavy atom. The van der Waals surface area contributed by atoms with Crippen molar-refractivity contribution in [3.05, 3.63) is 29.8 Å². The average Bonchev–Trinajstić information content (AvgIpc) is 3.16. The molecule has 0 radical (unpaired) electrons. The van der Waals surface area contributed by atoms with Crippen molar-refractivity contribution in [2.75, 3.05) is 5.73 Å². The van der Waals surface area contributed by atoms with Crippen LogP contribution in [0.3, 0.4) is 0 Å². The number of anilines is 1. The van der Waals surface area contributed by atoms with Crippen molar-refractivity contribution in [2.45, 2.75) is 31.7 Å². The third-order valence-corrected chi connectivity index (χ3v) is 3.76. The number of amides is 1. The highest BCUT2D eigenvalue weighted by Gasteiger charge is 2.42. The first-order valence-electron chi connectivity index (χ1n) is 6.41. The summed E-state index contributed by atoms with van der Waals surface area (Å²) < 4.78 is 0. The molecular formula is C14H19ClN2O. The molecule has 0 atom stereocenters. The Hall–Kier alpha value is -1.22. The van der Waals surface area contributed by atoms with Crippen molar-refractivity contribution >= 4 is 24.0 Å². The minimum atomic E-state index is -0.00750. The van der Waals surface area contributed by atoms with Crippen LogP contribution in [-0.2, 0) is 0 Å². The molecule has 0 spiro atoms. The van der Waals surface area contributed by atoms with E-state index < -0.39 is 0 Å². The molecule has 2 aliphatic rings. The van der Waals surface area contributed by atoms with E-state index in [1.54, 1.807) is 12.1 Å². The van der Waals surface area contributed by atoms with E-state index >= 15 is 0 Å². The second kappa shape index (κ2) is 5.19. The summed E-state index contributed by atoms with van der Waals surface area (Å²) in [5.41, 5.74) is 6.99. The molecule has 1 aromatic rings. The molecule has 1 amide bonds. The maximum Gasteiger partial charge on any atom is 0.253 e. The third kappa shape index (κ3) is 2.78. The molecule has 0 unspecified atom stereocenters. The van der Waals surface area contributed by atoms with Gasteiger partial charge in [0, 0.05) is 11.7 Å². The molecule has 1 aromatic carbocycles. The lowest BCUT2D eigenvalue weighted by atomic mass is 10.1. The molecule has 18 heavy (non-hydrogen) atoms. The molecule has 98 valence electrons. The first-order chi connectivity index (χ1) is 8.25. The second-order valence-corrected chi connectivity index (χ2v) is 5.26. The molecule has 3 N–H and O–H groups in total. The minimum absolute atomic E-state index is 0. The van der Waals surface area contributed by atoms with E-state index in [9.17, 15) is 4.79 Å². The summed E-state index contributed by atoms with van der Waals surface area (Å²) in [6, 6.07) is 7.67. The summed E-state index contributed by atoms with van der Waals surface area (Å²) in [5, 5.41) is 3.18. The van der Waals surface area contributed by atoms with Crippen LogP contribution in [0.1, 0.15) is 36.0 Å². The van der Waals surface area contributed by atoms with Crippen molar-refractivity contribution in [2.24, 2.45) is 11.8 Å². The Morgan fingerprint density at radius 2 is 1.72 bits per heavy atom. The average molecular weight is 267 g/mol. The highest BCUT2D eigenvalue weighted by molar-refractivity contribution is 5.99. The van der Waals surface area contributed by atoms with Gasteiger partial charge in [0.1, 0.15) is 0 Å². The number of hydrogen-bond donors (Lipinski definition) is 2. The molecular weight excluding hydrogens is 248 g/mol. The van der Waals surface area contributed by atoms with Gasteiger partial charge in [-0.2, -0.15) is 0 Å². The lowest BCUT2D eigenvalue weighted by Crippen LogP contribution is -2.38. The number of carbonyl (C=O) groups is 1. The van der Waals surface area contributed by atoms with Crippen molar-refractivity contribution in [1.29, 1.82) is 0 Å². The number of nitrogens with one attached hydrogen (secondary N) is 1. The predicted molar refractivity (Wildman–Crippen MR) is 74.8 cm³/mol. The second-order valence-electron chi connectivity index (χ2n) is 5.26. The maximum absolute atomic E-state index is 12.1. The molecule has 2 saturated carbocycles. The van der Waals surface area contributed by atoms with Gasteiger partial charge in [-0.15, -0.1) is 12.4 Å². The predicted octanol–water partition coefficient (Wildman–Crippen LogP) is 2.61. The van der Waals surface area contributed by atoms with Crippen LogP contribution < -0.4 is 11.1 Å². The molecule has 0 saturated heterocycles. The molecule has 0 aliphatic heterocycles. The normalized spacial score (nSPS) is 18.3. The van der Waals surface area contributed by atoms with Gasteiger partial charge in [-0.25, -0.2) is 0 Å². The number of para-hydroxylation sites is 1. The fourth-order valence-corrected chi connectivity index (χ4v) is 2.46. The van der Waals surface area contributed by atoms with Crippen LogP contribution in [0.2, 0.25) is 0 Å². The lowest BCUT2D eigenvalue weighted by molar-refractivity contribution is 0.0927. The quantitative estimate of drug-likeness (QED) is 0.823. The van der Waals surface area contributed by atoms with E-state index in [1.807, 2.05) is 12.1 Å². The number of nitrogen functional groups attached to an aromatic ring is 1. The fourth-order valence-electron chi connectivity index (χ4n) is 2.46. The van der Waals surface area contributed by atoms with E-state index in [4.69, 9.17) is 5.73 Å². The molecule has 4 heteroatoms. The van der Waals surface area contributed by atoms with Crippen molar-refractivity contribution in [3.8, 4) is 0 Å². The molecule has 2 fully saturated rings. The van der Waals surface area contributed by atoms with E-state index in [0.29, 0.717) is 17.3 Å². The summed E-state index contributed by atoms with van der Waals surface area (Å²) in [6.45, 7) is 0. The number of rotatable bonds is 4. The van der Waals surface area contributed by atoms with Gasteiger partial charge in [0.15, 0.2) is 0 Å². The number of nitrogens with two attached hydrogens (primary N) is 1. The first kappa shape index (κ1) is 13.2. The largest absolute Gasteiger partial charge is 0.398 e. The van der Waals surface area contributed by atoms with E-state index in [-0.39, 0.29) is 18.3 Å². The zero-order chi connectivity index (χ0) is 11.8. The van der Waals surface area contributed by atoms with Gasteiger partial charge in [0.05, 0.1) is 5.56 Å². The Balaban J connectivity index is 0.00000120. The third-order valence-electron chi connectivity index (χ3n) is 3.76. The minimum Gasteiger partial charge on any atom is -0.398 e. The van der Waals surface area contributed by atoms with Crippen molar-refractivity contribution in [3.63, 3.8) is 0 Å². The first-order valence-corrected chi connectivity index (χ1v) is 6.41. The highest BCUT2D eigenvalue weighted by atomic mass is 35.5. The van der Waals surface area contributed by atoms with Gasteiger partial charge >= 0.3 is 0 Å². The molecule has 3 rings (SSSR count). The van der Waals surface area contributed by atoms with Gasteiger partial charge in [0.25, 0.3) is 5.91 Å². The molecule has 0 heterocycles. The Bertz CT molecular complexity index is 429. The smallest absolute Gasteiger partial charge is 0.253 e. The Morgan fingerprint density at radius 1 is 1.17 bits per heavy atom. The van der Waals surface area contributed by atoms with Crippen LogP contribution in [0, 0.1) is 11.8 Å². The van der Waals surface area contributed by atoms with Crippen LogP contribution in [-0.4, -0.2) is 11.9 Å². The zero-order valence-electron chi connectivity index (χ0n) is 10.3. The Kier molecular flexibility index (Phi) is 3.81. The van der Waals surface area contributed by atoms with Gasteiger partial charge < -0.3 is 11.1 Å². The maximum atomic E-state index is 12.1. The number of halogens is 1. The monoisotopic (exact) mass is 266 g/mol. The van der Waals surface area contributed by atoms with Gasteiger partial charge in [0.2, 0.25) is 0 Å². The summed E-state index contributed by atoms with van der Waals surface area (Å²) >= 11 is 0. The van der Waals surface area contributed by atoms with Crippen LogP contribution in [0.4, 0.5) is 5.69 Å². The van der Waals surface area contributed by atoms with Crippen LogP contribution >= 0.6 is 12.4 Å². The molecule has 2 aliphatic carbocycles. The van der Waals surface area contributed by atoms with E-state index in [0.717, 1.165) is 11.8 Å². The highest BCUT2D eigenvalue weighted by Crippen LogP contribution is 2.44. The van der Waals surface area contributed by atoms with Crippen molar-refractivity contribution < 1.29 is 4.79 Å². The van der Waals surface area contributed by atoms with Crippen LogP contribution in [0.25, 0.3) is 0 Å². The summed E-state index contributed by atoms with van der Waals surface area (Å²) in [6.07, 6.45) is 5.08. The Labute approximate surface area is 114 Å². The molecule has 3 nitrogen and oxygen atoms in total. The van der Waals surface area contributed by atoms with Gasteiger partial charge in [-0.1, -0.05) is 12.1 Å². The van der Waals surface area contributed by atoms with Crippen molar-refractivity contribution in [1.82, 2.24) is 5.32 Å². The van der Waals surface area contributed by atoms with Crippen LogP contribution in [0.15, 0.2) is 24.3 Å². The topological polar surface area (TPSA) is 55.1 Å². The summed E-state index contributed by atoms with van der Waals surface area (Å²) in [5.74, 6) is 1.43. The molecule has 0 aromatic heterocycles. The molecule has 0 bridgehead atoms. The number of carbonyl (C=O) groups excluding carboxylic acids is 1. The zero-order valence-corrected chi connectivity index (χ0v) is 11.1. The summed E-state index contributed by atoms with van der Waals surface area (Å²) in [4.78, 5) is 12.1. The van der Waals surface area contributed by atoms with E-state index in [2.05, 4.69) is 5.32 Å². The van der Waals surface area contributed by atoms with Gasteiger partial charge in [-0.05, 0) is 49.7 Å². The van der Waals surface area contributed by atoms with Gasteiger partial charge in [-0.3, -0.25) is 4.79 Å². The van der Waals surface area contributed by atoms with Crippen LogP contribution in [0.5, 0.6) is 0 Å². The standard InChI is InChI=1S/C14H18N2O.ClH/c15-12-4-2-1-3-11(12)14(17)16-13(9-5-6-9)10-7-8-10;/h1-4,9-10,13H,5-8,15H2,(H,16,17);1H. The van der Waals surface area contributed by atoms with E-state index in [1.165, 1.54) is 25.7 Å².